The van der Waals surface area contributed by atoms with E-state index in [-0.39, 0.29) is 6.61 Å². The van der Waals surface area contributed by atoms with Gasteiger partial charge in [0.2, 0.25) is 5.91 Å². The first-order valence-corrected chi connectivity index (χ1v) is 14.5. The zero-order chi connectivity index (χ0) is 26.7. The minimum atomic E-state index is -1.08. The summed E-state index contributed by atoms with van der Waals surface area (Å²) in [6, 6.07) is 27.2. The number of carbonyl (C=O) groups is 2. The smallest absolute Gasteiger partial charge is 0.417 e. The van der Waals surface area contributed by atoms with Gasteiger partial charge in [-0.2, -0.15) is 0 Å². The Bertz CT molecular complexity index is 1170. The van der Waals surface area contributed by atoms with Crippen LogP contribution in [0.15, 0.2) is 84.9 Å². The van der Waals surface area contributed by atoms with Crippen molar-refractivity contribution >= 4 is 27.9 Å². The maximum Gasteiger partial charge on any atom is 0.417 e. The number of rotatable bonds is 13. The molecule has 0 saturated carbocycles. The third kappa shape index (κ3) is 7.33. The minimum absolute atomic E-state index is 0.104. The summed E-state index contributed by atoms with van der Waals surface area (Å²) in [4.78, 5) is 26.0. The summed E-state index contributed by atoms with van der Waals surface area (Å²) in [6.07, 6.45) is 7.24. The second kappa shape index (κ2) is 14.3. The molecule has 5 nitrogen and oxygen atoms in total. The monoisotopic (exact) mass is 577 g/mol. The molecule has 0 aromatic heterocycles. The zero-order valence-electron chi connectivity index (χ0n) is 21.7. The van der Waals surface area contributed by atoms with Crippen molar-refractivity contribution in [3.63, 3.8) is 0 Å². The van der Waals surface area contributed by atoms with Crippen LogP contribution < -0.4 is 0 Å². The number of aryl methyl sites for hydroxylation is 2. The quantitative estimate of drug-likeness (QED) is 0.170. The minimum Gasteiger partial charge on any atom is -0.446 e. The molecule has 1 heterocycles. The number of aliphatic hydroxyl groups is 1. The van der Waals surface area contributed by atoms with Crippen LogP contribution in [0.4, 0.5) is 4.79 Å². The summed E-state index contributed by atoms with van der Waals surface area (Å²) < 4.78 is 5.20. The molecule has 3 aromatic carbocycles. The van der Waals surface area contributed by atoms with E-state index in [1.54, 1.807) is 0 Å². The molecule has 1 aliphatic heterocycles. The molecule has 6 heteroatoms. The van der Waals surface area contributed by atoms with E-state index in [0.29, 0.717) is 0 Å². The van der Waals surface area contributed by atoms with Gasteiger partial charge in [0.05, 0.1) is 0 Å². The molecule has 0 radical (unpaired) electrons. The van der Waals surface area contributed by atoms with Gasteiger partial charge in [0, 0.05) is 0 Å². The number of unbranched alkanes of at least 4 members (excludes halogenated alkanes) is 5. The third-order valence-electron chi connectivity index (χ3n) is 7.19. The van der Waals surface area contributed by atoms with Crippen LogP contribution in [0.1, 0.15) is 72.9 Å². The Labute approximate surface area is 234 Å². The molecule has 200 valence electrons. The van der Waals surface area contributed by atoms with E-state index in [2.05, 4.69) is 46.3 Å². The summed E-state index contributed by atoms with van der Waals surface area (Å²) in [6.45, 7) is 0.104. The fourth-order valence-electron chi connectivity index (χ4n) is 5.06. The maximum atomic E-state index is 13.4. The highest BCUT2D eigenvalue weighted by Crippen LogP contribution is 2.33. The van der Waals surface area contributed by atoms with Crippen LogP contribution in [0.5, 0.6) is 0 Å². The molecule has 1 aliphatic rings. The molecule has 4 rings (SSSR count). The first-order valence-electron chi connectivity index (χ1n) is 13.5. The Kier molecular flexibility index (Phi) is 10.5. The fourth-order valence-corrected chi connectivity index (χ4v) is 5.56. The molecule has 3 aromatic rings. The molecule has 1 fully saturated rings. The first-order chi connectivity index (χ1) is 18.6. The van der Waals surface area contributed by atoms with Gasteiger partial charge in [-0.05, 0) is 47.9 Å². The van der Waals surface area contributed by atoms with Crippen molar-refractivity contribution in [1.82, 2.24) is 4.90 Å². The Hall–Kier alpha value is -2.96. The van der Waals surface area contributed by atoms with Crippen LogP contribution in [-0.2, 0) is 22.4 Å². The summed E-state index contributed by atoms with van der Waals surface area (Å²) in [7, 11) is 0. The number of carbonyl (C=O) groups excluding carboxylic acids is 2. The van der Waals surface area contributed by atoms with E-state index in [9.17, 15) is 14.7 Å². The van der Waals surface area contributed by atoms with Crippen LogP contribution in [0.2, 0.25) is 0 Å². The van der Waals surface area contributed by atoms with Crippen molar-refractivity contribution in [2.24, 2.45) is 0 Å². The van der Waals surface area contributed by atoms with Crippen LogP contribution >= 0.6 is 15.9 Å². The largest absolute Gasteiger partial charge is 0.446 e. The van der Waals surface area contributed by atoms with Crippen molar-refractivity contribution in [3.05, 3.63) is 107 Å². The summed E-state index contributed by atoms with van der Waals surface area (Å²) >= 11 is 3.40. The average molecular weight is 579 g/mol. The Morgan fingerprint density at radius 2 is 1.42 bits per heavy atom. The lowest BCUT2D eigenvalue weighted by Gasteiger charge is -2.26. The Morgan fingerprint density at radius 3 is 2.13 bits per heavy atom. The second-order valence-corrected chi connectivity index (χ2v) is 10.9. The highest BCUT2D eigenvalue weighted by atomic mass is 79.9. The number of hydrogen-bond donors (Lipinski definition) is 1. The van der Waals surface area contributed by atoms with E-state index >= 15 is 0 Å². The molecule has 0 aliphatic carbocycles. The molecule has 2 amide bonds. The van der Waals surface area contributed by atoms with E-state index in [4.69, 9.17) is 4.74 Å². The lowest BCUT2D eigenvalue weighted by Crippen LogP contribution is -2.41. The highest BCUT2D eigenvalue weighted by molar-refractivity contribution is 9.10. The van der Waals surface area contributed by atoms with Gasteiger partial charge in [-0.15, -0.1) is 0 Å². The first kappa shape index (κ1) is 28.1. The molecule has 0 spiro atoms. The van der Waals surface area contributed by atoms with Crippen LogP contribution in [-0.4, -0.2) is 33.4 Å². The number of benzene rings is 3. The number of cyclic esters (lactones) is 1. The van der Waals surface area contributed by atoms with Crippen LogP contribution in [0.3, 0.4) is 0 Å². The summed E-state index contributed by atoms with van der Waals surface area (Å²) in [5.74, 6) is -0.501. The van der Waals surface area contributed by atoms with Crippen molar-refractivity contribution in [2.45, 2.75) is 68.3 Å². The lowest BCUT2D eigenvalue weighted by atomic mass is 9.95. The summed E-state index contributed by atoms with van der Waals surface area (Å²) in [5.41, 5.74) is 3.98. The number of hydrogen-bond acceptors (Lipinski definition) is 4. The fraction of sp³-hybridized carbons (Fsp3) is 0.375. The lowest BCUT2D eigenvalue weighted by molar-refractivity contribution is -0.130. The predicted molar refractivity (Wildman–Crippen MR) is 153 cm³/mol. The number of nitrogens with zero attached hydrogens (tertiary/aromatic N) is 1. The van der Waals surface area contributed by atoms with Gasteiger partial charge in [0.15, 0.2) is 0 Å². The number of imide groups is 1. The van der Waals surface area contributed by atoms with E-state index < -0.39 is 29.0 Å². The normalized spacial score (nSPS) is 16.7. The van der Waals surface area contributed by atoms with Crippen molar-refractivity contribution < 1.29 is 19.4 Å². The molecule has 0 unspecified atom stereocenters. The summed E-state index contributed by atoms with van der Waals surface area (Å²) in [5, 5.41) is 11.2. The molecule has 38 heavy (non-hydrogen) atoms. The zero-order valence-corrected chi connectivity index (χ0v) is 23.3. The van der Waals surface area contributed by atoms with Crippen LogP contribution in [0, 0.1) is 0 Å². The van der Waals surface area contributed by atoms with Crippen molar-refractivity contribution in [2.75, 3.05) is 6.61 Å². The van der Waals surface area contributed by atoms with Crippen molar-refractivity contribution in [1.29, 1.82) is 0 Å². The van der Waals surface area contributed by atoms with Gasteiger partial charge in [0.25, 0.3) is 0 Å². The standard InChI is InChI=1S/C32H36BrNO4/c33-29(31(36)34-28(23-38-32(34)37)26-20-11-6-12-21-26)30(35)27-22-14-13-19-25(27)18-10-4-2-1-3-7-15-24-16-8-5-9-17-24/h5-6,8-9,11-14,16-17,19-22,28-30,35H,1-4,7,10,15,18,23H2/t28-,29+,30+/m1/s1. The van der Waals surface area contributed by atoms with Crippen LogP contribution in [0.25, 0.3) is 0 Å². The number of halogens is 1. The highest BCUT2D eigenvalue weighted by Gasteiger charge is 2.43. The molecular formula is C32H36BrNO4. The van der Waals surface area contributed by atoms with E-state index in [1.165, 1.54) is 31.2 Å². The van der Waals surface area contributed by atoms with Gasteiger partial charge < -0.3 is 9.84 Å². The van der Waals surface area contributed by atoms with Gasteiger partial charge in [-0.1, -0.05) is 127 Å². The Morgan fingerprint density at radius 1 is 0.842 bits per heavy atom. The van der Waals surface area contributed by atoms with Gasteiger partial charge in [-0.3, -0.25) is 4.79 Å². The second-order valence-electron chi connectivity index (χ2n) is 9.86. The van der Waals surface area contributed by atoms with E-state index in [0.717, 1.165) is 47.3 Å². The molecule has 1 saturated heterocycles. The maximum absolute atomic E-state index is 13.4. The van der Waals surface area contributed by atoms with Gasteiger partial charge in [-0.25, -0.2) is 9.69 Å². The number of amides is 2. The SMILES string of the molecule is O=C1OC[C@H](c2ccccc2)N1C(=O)[C@@H](Br)[C@@H](O)c1ccccc1CCCCCCCCc1ccccc1. The number of aliphatic hydroxyl groups excluding tert-OH is 1. The Balaban J connectivity index is 1.27. The molecule has 3 atom stereocenters. The average Bonchev–Trinajstić information content (AvgIpc) is 3.35. The molecular weight excluding hydrogens is 542 g/mol. The third-order valence-corrected chi connectivity index (χ3v) is 8.08. The molecule has 0 bridgehead atoms. The predicted octanol–water partition coefficient (Wildman–Crippen LogP) is 7.33. The van der Waals surface area contributed by atoms with Gasteiger partial charge >= 0.3 is 6.09 Å². The van der Waals surface area contributed by atoms with Crippen molar-refractivity contribution in [3.8, 4) is 0 Å². The van der Waals surface area contributed by atoms with Gasteiger partial charge in [0.1, 0.15) is 23.6 Å². The topological polar surface area (TPSA) is 66.8 Å². The number of ether oxygens (including phenoxy) is 1. The molecule has 1 N–H and O–H groups in total. The van der Waals surface area contributed by atoms with E-state index in [1.807, 2.05) is 54.6 Å². The number of alkyl halides is 1.